The van der Waals surface area contributed by atoms with Gasteiger partial charge in [0, 0.05) is 23.7 Å². The summed E-state index contributed by atoms with van der Waals surface area (Å²) in [4.78, 5) is 10.1. The van der Waals surface area contributed by atoms with Gasteiger partial charge in [-0.3, -0.25) is 0 Å². The zero-order valence-electron chi connectivity index (χ0n) is 7.60. The maximum absolute atomic E-state index is 10.1. The molecule has 1 aliphatic heterocycles. The van der Waals surface area contributed by atoms with E-state index < -0.39 is 5.97 Å². The number of hydrogen-bond donors (Lipinski definition) is 1. The highest BCUT2D eigenvalue weighted by molar-refractivity contribution is 8.00. The molecule has 1 fully saturated rings. The second-order valence-corrected chi connectivity index (χ2v) is 4.25. The predicted molar refractivity (Wildman–Crippen MR) is 53.1 cm³/mol. The molecule has 2 unspecified atom stereocenters. The van der Waals surface area contributed by atoms with E-state index in [2.05, 4.69) is 6.92 Å². The van der Waals surface area contributed by atoms with Gasteiger partial charge in [0.05, 0.1) is 6.10 Å². The Bertz CT molecular complexity index is 203. The zero-order valence-corrected chi connectivity index (χ0v) is 8.42. The van der Waals surface area contributed by atoms with E-state index in [9.17, 15) is 4.79 Å². The molecule has 0 saturated carbocycles. The van der Waals surface area contributed by atoms with Crippen molar-refractivity contribution in [1.29, 1.82) is 0 Å². The summed E-state index contributed by atoms with van der Waals surface area (Å²) < 4.78 is 5.38. The summed E-state index contributed by atoms with van der Waals surface area (Å²) in [6, 6.07) is 0. The predicted octanol–water partition coefficient (Wildman–Crippen LogP) is 1.54. The van der Waals surface area contributed by atoms with Gasteiger partial charge >= 0.3 is 5.97 Å². The lowest BCUT2D eigenvalue weighted by molar-refractivity contribution is -0.131. The first-order chi connectivity index (χ1) is 6.20. The van der Waals surface area contributed by atoms with Crippen LogP contribution in [0.3, 0.4) is 0 Å². The van der Waals surface area contributed by atoms with Gasteiger partial charge in [-0.05, 0) is 13.3 Å². The summed E-state index contributed by atoms with van der Waals surface area (Å²) in [5.74, 6) is -0.124. The SMILES string of the molecule is CC1OCCC1SC/C=C/C(=O)O. The highest BCUT2D eigenvalue weighted by Gasteiger charge is 2.23. The Morgan fingerprint density at radius 3 is 3.08 bits per heavy atom. The summed E-state index contributed by atoms with van der Waals surface area (Å²) in [5, 5.41) is 8.86. The Kier molecular flexibility index (Phi) is 4.32. The van der Waals surface area contributed by atoms with Crippen LogP contribution in [0, 0.1) is 0 Å². The van der Waals surface area contributed by atoms with Crippen LogP contribution in [0.2, 0.25) is 0 Å². The lowest BCUT2D eigenvalue weighted by atomic mass is 10.3. The van der Waals surface area contributed by atoms with Gasteiger partial charge in [-0.15, -0.1) is 0 Å². The van der Waals surface area contributed by atoms with Crippen LogP contribution in [0.25, 0.3) is 0 Å². The zero-order chi connectivity index (χ0) is 9.68. The number of hydrogen-bond acceptors (Lipinski definition) is 3. The van der Waals surface area contributed by atoms with Crippen LogP contribution in [0.5, 0.6) is 0 Å². The first-order valence-electron chi connectivity index (χ1n) is 4.33. The highest BCUT2D eigenvalue weighted by atomic mass is 32.2. The molecule has 13 heavy (non-hydrogen) atoms. The molecule has 1 heterocycles. The van der Waals surface area contributed by atoms with Gasteiger partial charge in [-0.2, -0.15) is 11.8 Å². The third-order valence-electron chi connectivity index (χ3n) is 1.97. The molecule has 74 valence electrons. The van der Waals surface area contributed by atoms with Crippen molar-refractivity contribution in [3.05, 3.63) is 12.2 Å². The second-order valence-electron chi connectivity index (χ2n) is 2.98. The number of thioether (sulfide) groups is 1. The first-order valence-corrected chi connectivity index (χ1v) is 5.37. The van der Waals surface area contributed by atoms with Crippen molar-refractivity contribution in [2.24, 2.45) is 0 Å². The van der Waals surface area contributed by atoms with Crippen molar-refractivity contribution >= 4 is 17.7 Å². The Morgan fingerprint density at radius 1 is 1.77 bits per heavy atom. The van der Waals surface area contributed by atoms with Crippen molar-refractivity contribution in [3.8, 4) is 0 Å². The minimum absolute atomic E-state index is 0.309. The van der Waals surface area contributed by atoms with E-state index in [0.29, 0.717) is 11.4 Å². The van der Waals surface area contributed by atoms with E-state index in [4.69, 9.17) is 9.84 Å². The van der Waals surface area contributed by atoms with E-state index in [-0.39, 0.29) is 0 Å². The fraction of sp³-hybridized carbons (Fsp3) is 0.667. The molecule has 0 amide bonds. The van der Waals surface area contributed by atoms with Crippen LogP contribution in [0.1, 0.15) is 13.3 Å². The Labute approximate surface area is 82.2 Å². The van der Waals surface area contributed by atoms with Gasteiger partial charge in [0.15, 0.2) is 0 Å². The second kappa shape index (κ2) is 5.29. The van der Waals surface area contributed by atoms with E-state index in [0.717, 1.165) is 18.8 Å². The van der Waals surface area contributed by atoms with Crippen molar-refractivity contribution in [2.45, 2.75) is 24.7 Å². The molecule has 0 aromatic rings. The summed E-state index contributed by atoms with van der Waals surface area (Å²) in [6.07, 6.45) is 4.25. The summed E-state index contributed by atoms with van der Waals surface area (Å²) in [5.41, 5.74) is 0. The molecule has 0 radical (unpaired) electrons. The molecule has 0 spiro atoms. The Morgan fingerprint density at radius 2 is 2.54 bits per heavy atom. The first kappa shape index (κ1) is 10.6. The fourth-order valence-corrected chi connectivity index (χ4v) is 2.33. The third kappa shape index (κ3) is 3.83. The minimum Gasteiger partial charge on any atom is -0.478 e. The minimum atomic E-state index is -0.878. The maximum atomic E-state index is 10.1. The fourth-order valence-electron chi connectivity index (χ4n) is 1.26. The van der Waals surface area contributed by atoms with Crippen LogP contribution in [0.15, 0.2) is 12.2 Å². The normalized spacial score (nSPS) is 28.4. The number of carboxylic acid groups (broad SMARTS) is 1. The van der Waals surface area contributed by atoms with E-state index in [1.54, 1.807) is 17.8 Å². The monoisotopic (exact) mass is 202 g/mol. The molecule has 0 aliphatic carbocycles. The van der Waals surface area contributed by atoms with Crippen molar-refractivity contribution in [3.63, 3.8) is 0 Å². The molecule has 1 aliphatic rings. The highest BCUT2D eigenvalue weighted by Crippen LogP contribution is 2.25. The Hall–Kier alpha value is -0.480. The van der Waals surface area contributed by atoms with Crippen LogP contribution in [0.4, 0.5) is 0 Å². The molecule has 0 aromatic carbocycles. The van der Waals surface area contributed by atoms with Gasteiger partial charge in [0.25, 0.3) is 0 Å². The molecule has 2 atom stereocenters. The maximum Gasteiger partial charge on any atom is 0.328 e. The quantitative estimate of drug-likeness (QED) is 0.702. The van der Waals surface area contributed by atoms with Gasteiger partial charge in [0.1, 0.15) is 0 Å². The number of carbonyl (C=O) groups is 1. The van der Waals surface area contributed by atoms with Gasteiger partial charge in [-0.1, -0.05) is 6.08 Å². The number of carboxylic acids is 1. The van der Waals surface area contributed by atoms with Crippen molar-refractivity contribution in [2.75, 3.05) is 12.4 Å². The van der Waals surface area contributed by atoms with E-state index in [1.165, 1.54) is 6.08 Å². The molecule has 1 saturated heterocycles. The number of rotatable bonds is 4. The van der Waals surface area contributed by atoms with Crippen LogP contribution in [-0.2, 0) is 9.53 Å². The van der Waals surface area contributed by atoms with E-state index >= 15 is 0 Å². The molecule has 1 rings (SSSR count). The Balaban J connectivity index is 2.15. The third-order valence-corrected chi connectivity index (χ3v) is 3.41. The lowest BCUT2D eigenvalue weighted by Crippen LogP contribution is -2.13. The summed E-state index contributed by atoms with van der Waals surface area (Å²) in [6.45, 7) is 2.90. The molecule has 0 bridgehead atoms. The molecule has 3 nitrogen and oxygen atoms in total. The smallest absolute Gasteiger partial charge is 0.328 e. The molecule has 0 aromatic heterocycles. The molecular weight excluding hydrogens is 188 g/mol. The molecule has 1 N–H and O–H groups in total. The van der Waals surface area contributed by atoms with Gasteiger partial charge in [-0.25, -0.2) is 4.79 Å². The van der Waals surface area contributed by atoms with Gasteiger partial charge in [0.2, 0.25) is 0 Å². The standard InChI is InChI=1S/C9H14O3S/c1-7-8(4-5-12-7)13-6-2-3-9(10)11/h2-3,7-8H,4-6H2,1H3,(H,10,11)/b3-2+. The van der Waals surface area contributed by atoms with E-state index in [1.807, 2.05) is 0 Å². The molecular formula is C9H14O3S. The summed E-state index contributed by atoms with van der Waals surface area (Å²) >= 11 is 1.76. The van der Waals surface area contributed by atoms with Crippen molar-refractivity contribution < 1.29 is 14.6 Å². The van der Waals surface area contributed by atoms with Gasteiger partial charge < -0.3 is 9.84 Å². The lowest BCUT2D eigenvalue weighted by Gasteiger charge is -2.11. The van der Waals surface area contributed by atoms with Crippen LogP contribution in [-0.4, -0.2) is 34.8 Å². The number of aliphatic carboxylic acids is 1. The van der Waals surface area contributed by atoms with Crippen LogP contribution < -0.4 is 0 Å². The van der Waals surface area contributed by atoms with Crippen molar-refractivity contribution in [1.82, 2.24) is 0 Å². The van der Waals surface area contributed by atoms with Crippen LogP contribution >= 0.6 is 11.8 Å². The average Bonchev–Trinajstić information content (AvgIpc) is 2.45. The largest absolute Gasteiger partial charge is 0.478 e. The number of ether oxygens (including phenoxy) is 1. The topological polar surface area (TPSA) is 46.5 Å². The molecule has 4 heteroatoms. The average molecular weight is 202 g/mol. The summed E-state index contributed by atoms with van der Waals surface area (Å²) in [7, 11) is 0.